The van der Waals surface area contributed by atoms with Gasteiger partial charge in [-0.1, -0.05) is 12.8 Å². The molecule has 116 valence electrons. The van der Waals surface area contributed by atoms with Gasteiger partial charge in [-0.25, -0.2) is 0 Å². The summed E-state index contributed by atoms with van der Waals surface area (Å²) in [6.45, 7) is 3.02. The molecule has 1 aromatic heterocycles. The van der Waals surface area contributed by atoms with Crippen LogP contribution in [0.3, 0.4) is 0 Å². The van der Waals surface area contributed by atoms with E-state index in [1.807, 2.05) is 24.2 Å². The average molecular weight is 290 g/mol. The molecule has 1 saturated carbocycles. The van der Waals surface area contributed by atoms with Crippen molar-refractivity contribution in [3.63, 3.8) is 0 Å². The predicted octanol–water partition coefficient (Wildman–Crippen LogP) is 2.08. The molecule has 5 nitrogen and oxygen atoms in total. The van der Waals surface area contributed by atoms with Gasteiger partial charge in [0, 0.05) is 31.9 Å². The lowest BCUT2D eigenvalue weighted by molar-refractivity contribution is -0.122. The summed E-state index contributed by atoms with van der Waals surface area (Å²) >= 11 is 0. The highest BCUT2D eigenvalue weighted by atomic mass is 16.2. The molecule has 1 aliphatic carbocycles. The number of rotatable bonds is 4. The van der Waals surface area contributed by atoms with Crippen molar-refractivity contribution in [2.45, 2.75) is 57.5 Å². The van der Waals surface area contributed by atoms with E-state index in [0.717, 1.165) is 31.1 Å². The molecule has 1 aromatic rings. The van der Waals surface area contributed by atoms with Crippen LogP contribution < -0.4 is 10.2 Å². The average Bonchev–Trinajstić information content (AvgIpc) is 3.12. The summed E-state index contributed by atoms with van der Waals surface area (Å²) in [7, 11) is 1.88. The zero-order valence-corrected chi connectivity index (χ0v) is 13.1. The van der Waals surface area contributed by atoms with Crippen LogP contribution in [0.25, 0.3) is 0 Å². The smallest absolute Gasteiger partial charge is 0.245 e. The van der Waals surface area contributed by atoms with Crippen LogP contribution in [0.15, 0.2) is 12.3 Å². The van der Waals surface area contributed by atoms with Crippen molar-refractivity contribution in [1.82, 2.24) is 15.1 Å². The van der Waals surface area contributed by atoms with Crippen LogP contribution >= 0.6 is 0 Å². The number of hydrogen-bond acceptors (Lipinski definition) is 3. The fraction of sp³-hybridized carbons (Fsp3) is 0.750. The molecule has 0 unspecified atom stereocenters. The molecule has 2 heterocycles. The van der Waals surface area contributed by atoms with Crippen molar-refractivity contribution in [3.05, 3.63) is 12.3 Å². The number of carbonyl (C=O) groups excluding carboxylic acids is 1. The number of aromatic nitrogens is 2. The molecule has 1 aliphatic heterocycles. The summed E-state index contributed by atoms with van der Waals surface area (Å²) in [4.78, 5) is 14.5. The molecule has 0 radical (unpaired) electrons. The van der Waals surface area contributed by atoms with Crippen LogP contribution in [0.1, 0.15) is 45.4 Å². The highest BCUT2D eigenvalue weighted by molar-refractivity contribution is 5.97. The first-order valence-corrected chi connectivity index (χ1v) is 8.22. The number of piperidine rings is 1. The molecule has 1 N–H and O–H groups in total. The third-order valence-corrected chi connectivity index (χ3v) is 4.99. The third-order valence-electron chi connectivity index (χ3n) is 4.99. The van der Waals surface area contributed by atoms with E-state index in [1.54, 1.807) is 4.68 Å². The van der Waals surface area contributed by atoms with Gasteiger partial charge < -0.3 is 5.32 Å². The monoisotopic (exact) mass is 290 g/mol. The van der Waals surface area contributed by atoms with E-state index >= 15 is 0 Å². The third kappa shape index (κ3) is 3.12. The van der Waals surface area contributed by atoms with Crippen molar-refractivity contribution in [3.8, 4) is 0 Å². The molecule has 1 amide bonds. The molecule has 0 bridgehead atoms. The Hall–Kier alpha value is -1.36. The van der Waals surface area contributed by atoms with Crippen molar-refractivity contribution < 1.29 is 4.79 Å². The fourth-order valence-corrected chi connectivity index (χ4v) is 3.71. The maximum Gasteiger partial charge on any atom is 0.245 e. The quantitative estimate of drug-likeness (QED) is 0.923. The molecular weight excluding hydrogens is 264 g/mol. The number of nitrogens with one attached hydrogen (secondary N) is 1. The van der Waals surface area contributed by atoms with Crippen LogP contribution in [0.5, 0.6) is 0 Å². The highest BCUT2D eigenvalue weighted by Gasteiger charge is 2.33. The first kappa shape index (κ1) is 14.6. The van der Waals surface area contributed by atoms with E-state index in [2.05, 4.69) is 17.3 Å². The van der Waals surface area contributed by atoms with E-state index in [-0.39, 0.29) is 11.9 Å². The van der Waals surface area contributed by atoms with Gasteiger partial charge >= 0.3 is 0 Å². The molecule has 2 fully saturated rings. The van der Waals surface area contributed by atoms with Crippen LogP contribution in [0, 0.1) is 5.92 Å². The summed E-state index contributed by atoms with van der Waals surface area (Å²) < 4.78 is 1.75. The standard InChI is InChI=1S/C16H26N4O/c1-12(13-6-3-4-7-13)17-14-8-5-10-20(16(14)21)15-9-11-19(2)18-15/h9,11-14,17H,3-8,10H2,1-2H3/t12-,14+/m0/s1. The largest absolute Gasteiger partial charge is 0.303 e. The van der Waals surface area contributed by atoms with E-state index in [0.29, 0.717) is 6.04 Å². The fourth-order valence-electron chi connectivity index (χ4n) is 3.71. The summed E-state index contributed by atoms with van der Waals surface area (Å²) in [6.07, 6.45) is 9.17. The Morgan fingerprint density at radius 1 is 1.29 bits per heavy atom. The summed E-state index contributed by atoms with van der Waals surface area (Å²) in [5.41, 5.74) is 0. The first-order valence-electron chi connectivity index (χ1n) is 8.22. The van der Waals surface area contributed by atoms with E-state index in [9.17, 15) is 4.79 Å². The molecule has 1 saturated heterocycles. The topological polar surface area (TPSA) is 50.2 Å². The van der Waals surface area contributed by atoms with E-state index in [1.165, 1.54) is 25.7 Å². The van der Waals surface area contributed by atoms with Gasteiger partial charge in [0.15, 0.2) is 5.82 Å². The van der Waals surface area contributed by atoms with E-state index < -0.39 is 0 Å². The molecule has 5 heteroatoms. The van der Waals surface area contributed by atoms with Crippen molar-refractivity contribution in [2.75, 3.05) is 11.4 Å². The predicted molar refractivity (Wildman–Crippen MR) is 83.1 cm³/mol. The van der Waals surface area contributed by atoms with E-state index in [4.69, 9.17) is 0 Å². The highest BCUT2D eigenvalue weighted by Crippen LogP contribution is 2.28. The molecule has 3 rings (SSSR count). The molecule has 0 aromatic carbocycles. The summed E-state index contributed by atoms with van der Waals surface area (Å²) in [5, 5.41) is 7.96. The Morgan fingerprint density at radius 2 is 2.05 bits per heavy atom. The lowest BCUT2D eigenvalue weighted by Crippen LogP contribution is -2.54. The number of carbonyl (C=O) groups is 1. The number of hydrogen-bond donors (Lipinski definition) is 1. The number of aryl methyl sites for hydroxylation is 1. The van der Waals surface area contributed by atoms with Gasteiger partial charge in [-0.2, -0.15) is 5.10 Å². The zero-order valence-electron chi connectivity index (χ0n) is 13.1. The van der Waals surface area contributed by atoms with Gasteiger partial charge in [0.05, 0.1) is 6.04 Å². The second-order valence-corrected chi connectivity index (χ2v) is 6.53. The van der Waals surface area contributed by atoms with Crippen molar-refractivity contribution in [2.24, 2.45) is 13.0 Å². The molecule has 0 spiro atoms. The van der Waals surface area contributed by atoms with Gasteiger partial charge in [-0.15, -0.1) is 0 Å². The van der Waals surface area contributed by atoms with Crippen LogP contribution in [-0.4, -0.2) is 34.3 Å². The summed E-state index contributed by atoms with van der Waals surface area (Å²) in [5.74, 6) is 1.70. The Labute approximate surface area is 126 Å². The van der Waals surface area contributed by atoms with Crippen LogP contribution in [0.2, 0.25) is 0 Å². The number of nitrogens with zero attached hydrogens (tertiary/aromatic N) is 3. The maximum atomic E-state index is 12.7. The lowest BCUT2D eigenvalue weighted by atomic mass is 9.96. The first-order chi connectivity index (χ1) is 10.1. The minimum absolute atomic E-state index is 0.0450. The Morgan fingerprint density at radius 3 is 2.71 bits per heavy atom. The number of anilines is 1. The maximum absolute atomic E-state index is 12.7. The Kier molecular flexibility index (Phi) is 4.29. The minimum Gasteiger partial charge on any atom is -0.303 e. The molecule has 21 heavy (non-hydrogen) atoms. The minimum atomic E-state index is -0.0450. The number of amides is 1. The second kappa shape index (κ2) is 6.18. The zero-order chi connectivity index (χ0) is 14.8. The molecule has 2 atom stereocenters. The van der Waals surface area contributed by atoms with Crippen molar-refractivity contribution in [1.29, 1.82) is 0 Å². The van der Waals surface area contributed by atoms with Gasteiger partial charge in [0.1, 0.15) is 0 Å². The van der Waals surface area contributed by atoms with Gasteiger partial charge in [-0.3, -0.25) is 14.4 Å². The molecular formula is C16H26N4O. The van der Waals surface area contributed by atoms with Crippen LogP contribution in [-0.2, 0) is 11.8 Å². The Balaban J connectivity index is 1.64. The Bertz CT molecular complexity index is 492. The summed E-state index contributed by atoms with van der Waals surface area (Å²) in [6, 6.07) is 2.31. The lowest BCUT2D eigenvalue weighted by Gasteiger charge is -2.34. The SMILES string of the molecule is C[C@H](N[C@@H]1CCCN(c2ccn(C)n2)C1=O)C1CCCC1. The van der Waals surface area contributed by atoms with Gasteiger partial charge in [0.25, 0.3) is 0 Å². The normalized spacial score (nSPS) is 25.5. The van der Waals surface area contributed by atoms with Gasteiger partial charge in [0.2, 0.25) is 5.91 Å². The molecule has 2 aliphatic rings. The van der Waals surface area contributed by atoms with Gasteiger partial charge in [-0.05, 0) is 38.5 Å². The van der Waals surface area contributed by atoms with Crippen molar-refractivity contribution >= 4 is 11.7 Å². The second-order valence-electron chi connectivity index (χ2n) is 6.53. The van der Waals surface area contributed by atoms with Crippen LogP contribution in [0.4, 0.5) is 5.82 Å².